The van der Waals surface area contributed by atoms with Crippen molar-refractivity contribution >= 4 is 17.9 Å². The highest BCUT2D eigenvalue weighted by Crippen LogP contribution is 1.95. The maximum Gasteiger partial charge on any atom is 0.281 e. The van der Waals surface area contributed by atoms with Crippen LogP contribution < -0.4 is 4.72 Å². The van der Waals surface area contributed by atoms with Crippen LogP contribution in [0.3, 0.4) is 0 Å². The lowest BCUT2D eigenvalue weighted by Gasteiger charge is -1.99. The average Bonchev–Trinajstić information content (AvgIpc) is 2.15. The molecule has 0 aliphatic rings. The van der Waals surface area contributed by atoms with Gasteiger partial charge in [-0.2, -0.15) is 0 Å². The Kier molecular flexibility index (Phi) is 3.53. The Bertz CT molecular complexity index is 252. The molecule has 64 valence electrons. The van der Waals surface area contributed by atoms with E-state index in [0.717, 1.165) is 5.75 Å². The molecule has 1 aromatic heterocycles. The zero-order valence-corrected chi connectivity index (χ0v) is 7.47. The number of carbonyl (C=O) groups is 1. The van der Waals surface area contributed by atoms with E-state index in [1.54, 1.807) is 0 Å². The molecule has 0 atom stereocenters. The summed E-state index contributed by atoms with van der Waals surface area (Å²) in [7, 11) is 0. The third-order valence-corrected chi connectivity index (χ3v) is 1.72. The van der Waals surface area contributed by atoms with Gasteiger partial charge in [-0.05, 0) is 0 Å². The van der Waals surface area contributed by atoms with E-state index < -0.39 is 0 Å². The summed E-state index contributed by atoms with van der Waals surface area (Å²) in [5.41, 5.74) is 0.346. The number of carbonyl (C=O) groups excluding carboxylic acids is 1. The van der Waals surface area contributed by atoms with Crippen LogP contribution in [0.5, 0.6) is 0 Å². The van der Waals surface area contributed by atoms with E-state index >= 15 is 0 Å². The van der Waals surface area contributed by atoms with Crippen LogP contribution in [0, 0.1) is 0 Å². The van der Waals surface area contributed by atoms with Gasteiger partial charge in [0.05, 0.1) is 6.20 Å². The SMILES string of the molecule is CCSNC(=O)c1cnccn1. The van der Waals surface area contributed by atoms with Crippen molar-refractivity contribution in [2.75, 3.05) is 5.75 Å². The maximum absolute atomic E-state index is 11.2. The molecule has 0 unspecified atom stereocenters. The smallest absolute Gasteiger partial charge is 0.281 e. The fourth-order valence-corrected chi connectivity index (χ4v) is 0.986. The third-order valence-electron chi connectivity index (χ3n) is 1.11. The van der Waals surface area contributed by atoms with Gasteiger partial charge in [0.15, 0.2) is 0 Å². The maximum atomic E-state index is 11.2. The standard InChI is InChI=1S/C7H9N3OS/c1-2-12-10-7(11)6-5-8-3-4-9-6/h3-5H,2H2,1H3,(H,10,11). The molecule has 0 saturated heterocycles. The predicted octanol–water partition coefficient (Wildman–Crippen LogP) is 0.874. The summed E-state index contributed by atoms with van der Waals surface area (Å²) in [6.07, 6.45) is 4.46. The minimum Gasteiger partial charge on any atom is -0.295 e. The van der Waals surface area contributed by atoms with E-state index in [1.165, 1.54) is 30.5 Å². The van der Waals surface area contributed by atoms with Gasteiger partial charge in [0, 0.05) is 18.1 Å². The first-order valence-corrected chi connectivity index (χ1v) is 4.51. The molecule has 1 N–H and O–H groups in total. The van der Waals surface area contributed by atoms with Gasteiger partial charge in [0.2, 0.25) is 0 Å². The zero-order valence-electron chi connectivity index (χ0n) is 6.65. The number of aromatic nitrogens is 2. The Morgan fingerprint density at radius 2 is 2.50 bits per heavy atom. The first-order chi connectivity index (χ1) is 5.84. The fourth-order valence-electron chi connectivity index (χ4n) is 0.606. The van der Waals surface area contributed by atoms with Crippen LogP contribution in [0.4, 0.5) is 0 Å². The Morgan fingerprint density at radius 3 is 3.08 bits per heavy atom. The second-order valence-corrected chi connectivity index (χ2v) is 3.03. The second-order valence-electron chi connectivity index (χ2n) is 1.95. The summed E-state index contributed by atoms with van der Waals surface area (Å²) < 4.78 is 2.62. The van der Waals surface area contributed by atoms with Gasteiger partial charge in [0.25, 0.3) is 5.91 Å². The number of nitrogens with one attached hydrogen (secondary N) is 1. The van der Waals surface area contributed by atoms with E-state index in [-0.39, 0.29) is 5.91 Å². The van der Waals surface area contributed by atoms with E-state index in [1.807, 2.05) is 6.92 Å². The van der Waals surface area contributed by atoms with Crippen molar-refractivity contribution in [1.29, 1.82) is 0 Å². The van der Waals surface area contributed by atoms with Gasteiger partial charge in [0.1, 0.15) is 5.69 Å². The van der Waals surface area contributed by atoms with Crippen molar-refractivity contribution in [2.24, 2.45) is 0 Å². The van der Waals surface area contributed by atoms with Crippen molar-refractivity contribution < 1.29 is 4.79 Å². The summed E-state index contributed by atoms with van der Waals surface area (Å²) in [6.45, 7) is 1.96. The highest BCUT2D eigenvalue weighted by molar-refractivity contribution is 7.97. The first-order valence-electron chi connectivity index (χ1n) is 3.52. The lowest BCUT2D eigenvalue weighted by atomic mass is 10.4. The van der Waals surface area contributed by atoms with Gasteiger partial charge in [-0.15, -0.1) is 0 Å². The monoisotopic (exact) mass is 183 g/mol. The molecule has 4 nitrogen and oxygen atoms in total. The molecule has 0 aliphatic carbocycles. The summed E-state index contributed by atoms with van der Waals surface area (Å²) in [6, 6.07) is 0. The zero-order chi connectivity index (χ0) is 8.81. The summed E-state index contributed by atoms with van der Waals surface area (Å²) in [4.78, 5) is 18.8. The average molecular weight is 183 g/mol. The molecule has 0 fully saturated rings. The van der Waals surface area contributed by atoms with Gasteiger partial charge >= 0.3 is 0 Å². The first kappa shape index (κ1) is 8.99. The Balaban J connectivity index is 2.54. The van der Waals surface area contributed by atoms with Crippen LogP contribution >= 0.6 is 11.9 Å². The molecule has 0 aliphatic heterocycles. The molecule has 0 aromatic carbocycles. The summed E-state index contributed by atoms with van der Waals surface area (Å²) in [5, 5.41) is 0. The number of nitrogens with zero attached hydrogens (tertiary/aromatic N) is 2. The minimum absolute atomic E-state index is 0.199. The highest BCUT2D eigenvalue weighted by atomic mass is 32.2. The van der Waals surface area contributed by atoms with Crippen LogP contribution in [-0.2, 0) is 0 Å². The third kappa shape index (κ3) is 2.50. The Labute approximate surface area is 74.9 Å². The van der Waals surface area contributed by atoms with Crippen LogP contribution in [0.2, 0.25) is 0 Å². The van der Waals surface area contributed by atoms with Crippen molar-refractivity contribution in [3.05, 3.63) is 24.3 Å². The molecule has 5 heteroatoms. The van der Waals surface area contributed by atoms with Crippen LogP contribution in [0.1, 0.15) is 17.4 Å². The van der Waals surface area contributed by atoms with Gasteiger partial charge in [-0.25, -0.2) is 4.98 Å². The van der Waals surface area contributed by atoms with E-state index in [0.29, 0.717) is 5.69 Å². The molecular formula is C7H9N3OS. The van der Waals surface area contributed by atoms with Gasteiger partial charge in [-0.1, -0.05) is 18.9 Å². The van der Waals surface area contributed by atoms with Crippen molar-refractivity contribution in [3.8, 4) is 0 Å². The summed E-state index contributed by atoms with van der Waals surface area (Å²) in [5.74, 6) is 0.640. The quantitative estimate of drug-likeness (QED) is 0.706. The van der Waals surface area contributed by atoms with Crippen molar-refractivity contribution in [3.63, 3.8) is 0 Å². The molecule has 1 heterocycles. The van der Waals surface area contributed by atoms with E-state index in [2.05, 4.69) is 14.7 Å². The van der Waals surface area contributed by atoms with Crippen LogP contribution in [0.25, 0.3) is 0 Å². The topological polar surface area (TPSA) is 54.9 Å². The highest BCUT2D eigenvalue weighted by Gasteiger charge is 2.04. The number of hydrogen-bond donors (Lipinski definition) is 1. The number of amides is 1. The molecule has 0 bridgehead atoms. The lowest BCUT2D eigenvalue weighted by molar-refractivity contribution is 0.0979. The number of hydrogen-bond acceptors (Lipinski definition) is 4. The van der Waals surface area contributed by atoms with Crippen LogP contribution in [0.15, 0.2) is 18.6 Å². The molecule has 0 spiro atoms. The molecule has 0 saturated carbocycles. The molecular weight excluding hydrogens is 174 g/mol. The minimum atomic E-state index is -0.199. The van der Waals surface area contributed by atoms with Gasteiger partial charge < -0.3 is 0 Å². The lowest BCUT2D eigenvalue weighted by Crippen LogP contribution is -2.17. The van der Waals surface area contributed by atoms with Crippen molar-refractivity contribution in [1.82, 2.24) is 14.7 Å². The fraction of sp³-hybridized carbons (Fsp3) is 0.286. The van der Waals surface area contributed by atoms with Crippen LogP contribution in [-0.4, -0.2) is 21.6 Å². The Morgan fingerprint density at radius 1 is 1.67 bits per heavy atom. The summed E-state index contributed by atoms with van der Waals surface area (Å²) >= 11 is 1.34. The molecule has 1 amide bonds. The molecule has 1 rings (SSSR count). The van der Waals surface area contributed by atoms with Gasteiger partial charge in [-0.3, -0.25) is 14.5 Å². The largest absolute Gasteiger partial charge is 0.295 e. The molecule has 1 aromatic rings. The second kappa shape index (κ2) is 4.71. The van der Waals surface area contributed by atoms with Crippen molar-refractivity contribution in [2.45, 2.75) is 6.92 Å². The molecule has 12 heavy (non-hydrogen) atoms. The Hall–Kier alpha value is -1.10. The van der Waals surface area contributed by atoms with E-state index in [4.69, 9.17) is 0 Å². The van der Waals surface area contributed by atoms with E-state index in [9.17, 15) is 4.79 Å². The predicted molar refractivity (Wildman–Crippen MR) is 47.6 cm³/mol. The molecule has 0 radical (unpaired) electrons. The normalized spacial score (nSPS) is 9.42. The number of rotatable bonds is 3.